The molecule has 0 bridgehead atoms. The van der Waals surface area contributed by atoms with Gasteiger partial charge < -0.3 is 9.84 Å². The number of hydrogen-bond acceptors (Lipinski definition) is 3. The van der Waals surface area contributed by atoms with E-state index in [0.29, 0.717) is 6.42 Å². The highest BCUT2D eigenvalue weighted by Gasteiger charge is 2.08. The zero-order chi connectivity index (χ0) is 13.9. The van der Waals surface area contributed by atoms with Crippen molar-refractivity contribution in [2.75, 3.05) is 7.11 Å². The van der Waals surface area contributed by atoms with Gasteiger partial charge in [-0.15, -0.1) is 0 Å². The minimum Gasteiger partial charge on any atom is -0.508 e. The average molecular weight is 265 g/mol. The van der Waals surface area contributed by atoms with E-state index in [1.165, 1.54) is 0 Å². The molecule has 0 spiro atoms. The summed E-state index contributed by atoms with van der Waals surface area (Å²) in [7, 11) is 1.63. The summed E-state index contributed by atoms with van der Waals surface area (Å²) < 4.78 is 5.35. The molecule has 0 aliphatic rings. The second-order valence-electron chi connectivity index (χ2n) is 4.65. The van der Waals surface area contributed by atoms with Crippen molar-refractivity contribution in [3.63, 3.8) is 0 Å². The first kappa shape index (κ1) is 12.5. The summed E-state index contributed by atoms with van der Waals surface area (Å²) >= 11 is 0. The van der Waals surface area contributed by atoms with E-state index in [-0.39, 0.29) is 5.75 Å². The minimum atomic E-state index is 0.237. The third-order valence-corrected chi connectivity index (χ3v) is 3.38. The Morgan fingerprint density at radius 2 is 1.95 bits per heavy atom. The van der Waals surface area contributed by atoms with Crippen LogP contribution in [0.1, 0.15) is 11.3 Å². The lowest BCUT2D eigenvalue weighted by Crippen LogP contribution is -1.97. The van der Waals surface area contributed by atoms with Gasteiger partial charge in [0.1, 0.15) is 11.5 Å². The highest BCUT2D eigenvalue weighted by molar-refractivity contribution is 5.84. The molecule has 1 aromatic heterocycles. The van der Waals surface area contributed by atoms with Crippen molar-refractivity contribution >= 4 is 10.8 Å². The normalized spacial score (nSPS) is 10.7. The molecule has 0 aliphatic heterocycles. The van der Waals surface area contributed by atoms with Gasteiger partial charge >= 0.3 is 0 Å². The molecule has 0 unspecified atom stereocenters. The Labute approximate surface area is 117 Å². The number of aromatic hydroxyl groups is 1. The number of aromatic nitrogens is 1. The van der Waals surface area contributed by atoms with Crippen molar-refractivity contribution < 1.29 is 9.84 Å². The predicted octanol–water partition coefficient (Wildman–Crippen LogP) is 3.54. The quantitative estimate of drug-likeness (QED) is 0.787. The van der Waals surface area contributed by atoms with Crippen LogP contribution in [0.2, 0.25) is 0 Å². The van der Waals surface area contributed by atoms with Crippen molar-refractivity contribution in [2.24, 2.45) is 0 Å². The molecule has 2 aromatic carbocycles. The number of phenols is 1. The van der Waals surface area contributed by atoms with Crippen molar-refractivity contribution in [3.05, 3.63) is 66.0 Å². The molecule has 0 fully saturated rings. The molecule has 1 heterocycles. The van der Waals surface area contributed by atoms with Crippen LogP contribution in [0.3, 0.4) is 0 Å². The van der Waals surface area contributed by atoms with E-state index >= 15 is 0 Å². The summed E-state index contributed by atoms with van der Waals surface area (Å²) in [6, 6.07) is 15.3. The highest BCUT2D eigenvalue weighted by Crippen LogP contribution is 2.27. The minimum absolute atomic E-state index is 0.237. The Bertz CT molecular complexity index is 748. The van der Waals surface area contributed by atoms with Gasteiger partial charge in [-0.1, -0.05) is 24.3 Å². The number of hydrogen-bond donors (Lipinski definition) is 1. The van der Waals surface area contributed by atoms with Gasteiger partial charge in [-0.25, -0.2) is 0 Å². The zero-order valence-electron chi connectivity index (χ0n) is 11.2. The SMILES string of the molecule is COc1ccc(O)cc1Cc1nccc2ccccc12. The third-order valence-electron chi connectivity index (χ3n) is 3.38. The Kier molecular flexibility index (Phi) is 3.25. The fraction of sp³-hybridized carbons (Fsp3) is 0.118. The number of pyridine rings is 1. The van der Waals surface area contributed by atoms with Gasteiger partial charge in [0.15, 0.2) is 0 Å². The lowest BCUT2D eigenvalue weighted by Gasteiger charge is -2.10. The van der Waals surface area contributed by atoms with E-state index in [2.05, 4.69) is 17.1 Å². The average Bonchev–Trinajstić information content (AvgIpc) is 2.48. The summed E-state index contributed by atoms with van der Waals surface area (Å²) in [6.07, 6.45) is 2.44. The summed E-state index contributed by atoms with van der Waals surface area (Å²) in [6.45, 7) is 0. The fourth-order valence-corrected chi connectivity index (χ4v) is 2.41. The van der Waals surface area contributed by atoms with Crippen LogP contribution in [0.5, 0.6) is 11.5 Å². The Balaban J connectivity index is 2.07. The molecule has 20 heavy (non-hydrogen) atoms. The molecule has 0 saturated heterocycles. The van der Waals surface area contributed by atoms with Crippen LogP contribution in [0.25, 0.3) is 10.8 Å². The van der Waals surface area contributed by atoms with Gasteiger partial charge in [0.2, 0.25) is 0 Å². The van der Waals surface area contributed by atoms with Crippen molar-refractivity contribution in [3.8, 4) is 11.5 Å². The third kappa shape index (κ3) is 2.30. The maximum absolute atomic E-state index is 9.65. The second kappa shape index (κ2) is 5.21. The Morgan fingerprint density at radius 1 is 1.10 bits per heavy atom. The monoisotopic (exact) mass is 265 g/mol. The molecule has 3 rings (SSSR count). The van der Waals surface area contributed by atoms with Gasteiger partial charge in [-0.3, -0.25) is 4.98 Å². The number of benzene rings is 2. The number of rotatable bonds is 3. The lowest BCUT2D eigenvalue weighted by atomic mass is 10.0. The topological polar surface area (TPSA) is 42.4 Å². The molecule has 0 aliphatic carbocycles. The smallest absolute Gasteiger partial charge is 0.122 e. The maximum atomic E-state index is 9.65. The number of ether oxygens (including phenoxy) is 1. The van der Waals surface area contributed by atoms with Gasteiger partial charge in [0.05, 0.1) is 12.8 Å². The number of nitrogens with zero attached hydrogens (tertiary/aromatic N) is 1. The first-order chi connectivity index (χ1) is 9.78. The molecule has 3 heteroatoms. The highest BCUT2D eigenvalue weighted by atomic mass is 16.5. The van der Waals surface area contributed by atoms with E-state index in [1.54, 1.807) is 25.3 Å². The molecule has 0 radical (unpaired) electrons. The Hall–Kier alpha value is -2.55. The van der Waals surface area contributed by atoms with E-state index in [9.17, 15) is 5.11 Å². The van der Waals surface area contributed by atoms with Crippen LogP contribution in [-0.4, -0.2) is 17.2 Å². The molecule has 100 valence electrons. The van der Waals surface area contributed by atoms with Gasteiger partial charge in [0.25, 0.3) is 0 Å². The zero-order valence-corrected chi connectivity index (χ0v) is 11.2. The second-order valence-corrected chi connectivity index (χ2v) is 4.65. The van der Waals surface area contributed by atoms with E-state index in [1.807, 2.05) is 24.4 Å². The summed E-state index contributed by atoms with van der Waals surface area (Å²) in [5, 5.41) is 11.9. The molecule has 1 N–H and O–H groups in total. The molecule has 3 aromatic rings. The predicted molar refractivity (Wildman–Crippen MR) is 79.2 cm³/mol. The van der Waals surface area contributed by atoms with Crippen LogP contribution < -0.4 is 4.74 Å². The van der Waals surface area contributed by atoms with Crippen molar-refractivity contribution in [1.82, 2.24) is 4.98 Å². The number of phenolic OH excluding ortho intramolecular Hbond substituents is 1. The van der Waals surface area contributed by atoms with Crippen LogP contribution >= 0.6 is 0 Å². The van der Waals surface area contributed by atoms with Gasteiger partial charge in [-0.05, 0) is 29.7 Å². The number of fused-ring (bicyclic) bond motifs is 1. The molecule has 0 saturated carbocycles. The molecular weight excluding hydrogens is 250 g/mol. The van der Waals surface area contributed by atoms with Crippen LogP contribution in [0, 0.1) is 0 Å². The Morgan fingerprint density at radius 3 is 2.80 bits per heavy atom. The molecular formula is C17H15NO2. The first-order valence-corrected chi connectivity index (χ1v) is 6.46. The standard InChI is InChI=1S/C17H15NO2/c1-20-17-7-6-14(19)10-13(17)11-16-15-5-3-2-4-12(15)8-9-18-16/h2-10,19H,11H2,1H3. The lowest BCUT2D eigenvalue weighted by molar-refractivity contribution is 0.407. The van der Waals surface area contributed by atoms with Gasteiger partial charge in [0, 0.05) is 23.6 Å². The van der Waals surface area contributed by atoms with Crippen molar-refractivity contribution in [2.45, 2.75) is 6.42 Å². The summed E-state index contributed by atoms with van der Waals surface area (Å²) in [4.78, 5) is 4.47. The van der Waals surface area contributed by atoms with Crippen LogP contribution in [0.15, 0.2) is 54.7 Å². The van der Waals surface area contributed by atoms with E-state index in [4.69, 9.17) is 4.74 Å². The maximum Gasteiger partial charge on any atom is 0.122 e. The van der Waals surface area contributed by atoms with Gasteiger partial charge in [-0.2, -0.15) is 0 Å². The molecule has 0 amide bonds. The largest absolute Gasteiger partial charge is 0.508 e. The first-order valence-electron chi connectivity index (χ1n) is 6.46. The van der Waals surface area contributed by atoms with E-state index in [0.717, 1.165) is 27.8 Å². The summed E-state index contributed by atoms with van der Waals surface area (Å²) in [5.74, 6) is 0.999. The van der Waals surface area contributed by atoms with E-state index < -0.39 is 0 Å². The van der Waals surface area contributed by atoms with Crippen LogP contribution in [-0.2, 0) is 6.42 Å². The van der Waals surface area contributed by atoms with Crippen LogP contribution in [0.4, 0.5) is 0 Å². The van der Waals surface area contributed by atoms with Crippen molar-refractivity contribution in [1.29, 1.82) is 0 Å². The fourth-order valence-electron chi connectivity index (χ4n) is 2.41. The number of methoxy groups -OCH3 is 1. The molecule has 3 nitrogen and oxygen atoms in total. The summed E-state index contributed by atoms with van der Waals surface area (Å²) in [5.41, 5.74) is 1.91. The molecule has 0 atom stereocenters.